The average molecular weight is 489 g/mol. The van der Waals surface area contributed by atoms with Gasteiger partial charge in [0.25, 0.3) is 5.91 Å². The monoisotopic (exact) mass is 487 g/mol. The molecule has 3 rings (SSSR count). The van der Waals surface area contributed by atoms with E-state index in [1.165, 1.54) is 24.3 Å². The van der Waals surface area contributed by atoms with Crippen molar-refractivity contribution in [2.45, 2.75) is 0 Å². The molecule has 0 aliphatic carbocycles. The lowest BCUT2D eigenvalue weighted by Crippen LogP contribution is -2.21. The number of nitrogens with one attached hydrogen (secondary N) is 1. The lowest BCUT2D eigenvalue weighted by atomic mass is 10.0. The maximum Gasteiger partial charge on any atom is 0.331 e. The third kappa shape index (κ3) is 6.44. The number of rotatable bonds is 7. The second-order valence-electron chi connectivity index (χ2n) is 6.55. The zero-order valence-corrected chi connectivity index (χ0v) is 18.7. The summed E-state index contributed by atoms with van der Waals surface area (Å²) in [7, 11) is 0. The number of hydrogen-bond acceptors (Lipinski definition) is 4. The van der Waals surface area contributed by atoms with Gasteiger partial charge in [-0.25, -0.2) is 4.79 Å². The SMILES string of the molecule is O=C(COC(=O)/C=C/c1ccc(Cl)c(Cl)c1)Nc1ccc(Cl)cc1C(=O)c1ccccc1. The molecular formula is C24H16Cl3NO4. The highest BCUT2D eigenvalue weighted by Gasteiger charge is 2.16. The molecule has 0 aromatic heterocycles. The fourth-order valence-corrected chi connectivity index (χ4v) is 3.19. The Labute approximate surface area is 199 Å². The highest BCUT2D eigenvalue weighted by Crippen LogP contribution is 2.24. The van der Waals surface area contributed by atoms with Crippen LogP contribution in [0.1, 0.15) is 21.5 Å². The van der Waals surface area contributed by atoms with Crippen LogP contribution in [0.25, 0.3) is 6.08 Å². The lowest BCUT2D eigenvalue weighted by Gasteiger charge is -2.11. The van der Waals surface area contributed by atoms with Gasteiger partial charge in [-0.05, 0) is 42.0 Å². The van der Waals surface area contributed by atoms with Gasteiger partial charge in [0.05, 0.1) is 15.7 Å². The summed E-state index contributed by atoms with van der Waals surface area (Å²) in [4.78, 5) is 37.0. The molecule has 0 radical (unpaired) electrons. The Morgan fingerprint density at radius 3 is 2.34 bits per heavy atom. The molecule has 5 nitrogen and oxygen atoms in total. The second kappa shape index (κ2) is 11.0. The van der Waals surface area contributed by atoms with E-state index in [1.54, 1.807) is 54.6 Å². The molecular weight excluding hydrogens is 473 g/mol. The largest absolute Gasteiger partial charge is 0.452 e. The van der Waals surface area contributed by atoms with Crippen LogP contribution in [0.15, 0.2) is 72.8 Å². The van der Waals surface area contributed by atoms with Gasteiger partial charge in [0.15, 0.2) is 12.4 Å². The van der Waals surface area contributed by atoms with Gasteiger partial charge in [0, 0.05) is 22.2 Å². The highest BCUT2D eigenvalue weighted by atomic mass is 35.5. The van der Waals surface area contributed by atoms with Crippen molar-refractivity contribution in [1.82, 2.24) is 0 Å². The number of esters is 1. The van der Waals surface area contributed by atoms with Crippen molar-refractivity contribution in [3.63, 3.8) is 0 Å². The number of carbonyl (C=O) groups excluding carboxylic acids is 3. The third-order valence-corrected chi connectivity index (χ3v) is 5.21. The summed E-state index contributed by atoms with van der Waals surface area (Å²) in [5, 5.41) is 3.68. The van der Waals surface area contributed by atoms with Crippen molar-refractivity contribution < 1.29 is 19.1 Å². The fourth-order valence-electron chi connectivity index (χ4n) is 2.71. The van der Waals surface area contributed by atoms with Crippen molar-refractivity contribution >= 4 is 64.2 Å². The Balaban J connectivity index is 1.62. The molecule has 1 N–H and O–H groups in total. The Kier molecular flexibility index (Phi) is 8.06. The summed E-state index contributed by atoms with van der Waals surface area (Å²) < 4.78 is 4.95. The van der Waals surface area contributed by atoms with Gasteiger partial charge in [-0.2, -0.15) is 0 Å². The maximum atomic E-state index is 12.8. The summed E-state index contributed by atoms with van der Waals surface area (Å²) in [5.41, 5.74) is 1.58. The topological polar surface area (TPSA) is 72.5 Å². The van der Waals surface area contributed by atoms with E-state index in [1.807, 2.05) is 0 Å². The number of ether oxygens (including phenoxy) is 1. The minimum Gasteiger partial charge on any atom is -0.452 e. The zero-order valence-electron chi connectivity index (χ0n) is 16.5. The molecule has 0 saturated heterocycles. The molecule has 162 valence electrons. The molecule has 8 heteroatoms. The van der Waals surface area contributed by atoms with Gasteiger partial charge < -0.3 is 10.1 Å². The van der Waals surface area contributed by atoms with Crippen molar-refractivity contribution in [3.8, 4) is 0 Å². The van der Waals surface area contributed by atoms with E-state index in [2.05, 4.69) is 5.32 Å². The molecule has 3 aromatic carbocycles. The standard InChI is InChI=1S/C24H16Cl3NO4/c25-17-8-10-21(18(13-17)24(31)16-4-2-1-3-5-16)28-22(29)14-32-23(30)11-7-15-6-9-19(26)20(27)12-15/h1-13H,14H2,(H,28,29)/b11-7+. The predicted molar refractivity (Wildman–Crippen MR) is 126 cm³/mol. The molecule has 3 aromatic rings. The summed E-state index contributed by atoms with van der Waals surface area (Å²) in [6.45, 7) is -0.536. The predicted octanol–water partition coefficient (Wildman–Crippen LogP) is 6.07. The fraction of sp³-hybridized carbons (Fsp3) is 0.0417. The van der Waals surface area contributed by atoms with Crippen LogP contribution in [0.2, 0.25) is 15.1 Å². The summed E-state index contributed by atoms with van der Waals surface area (Å²) in [5.74, 6) is -1.63. The normalized spacial score (nSPS) is 10.7. The first-order valence-electron chi connectivity index (χ1n) is 9.32. The van der Waals surface area contributed by atoms with Crippen LogP contribution in [-0.4, -0.2) is 24.3 Å². The van der Waals surface area contributed by atoms with Crippen molar-refractivity contribution in [3.05, 3.63) is 105 Å². The van der Waals surface area contributed by atoms with Crippen LogP contribution in [0.4, 0.5) is 5.69 Å². The van der Waals surface area contributed by atoms with Gasteiger partial charge in [-0.15, -0.1) is 0 Å². The molecule has 0 fully saturated rings. The first kappa shape index (κ1) is 23.5. The van der Waals surface area contributed by atoms with Crippen molar-refractivity contribution in [2.24, 2.45) is 0 Å². The Morgan fingerprint density at radius 2 is 1.62 bits per heavy atom. The number of hydrogen-bond donors (Lipinski definition) is 1. The van der Waals surface area contributed by atoms with Crippen LogP contribution in [0.5, 0.6) is 0 Å². The Morgan fingerprint density at radius 1 is 0.875 bits per heavy atom. The van der Waals surface area contributed by atoms with E-state index in [9.17, 15) is 14.4 Å². The molecule has 0 unspecified atom stereocenters. The molecule has 32 heavy (non-hydrogen) atoms. The first-order chi connectivity index (χ1) is 15.3. The van der Waals surface area contributed by atoms with E-state index in [0.29, 0.717) is 26.2 Å². The van der Waals surface area contributed by atoms with E-state index >= 15 is 0 Å². The summed E-state index contributed by atoms with van der Waals surface area (Å²) in [6, 6.07) is 18.0. The van der Waals surface area contributed by atoms with Gasteiger partial charge in [-0.3, -0.25) is 9.59 Å². The lowest BCUT2D eigenvalue weighted by molar-refractivity contribution is -0.142. The van der Waals surface area contributed by atoms with E-state index in [-0.39, 0.29) is 17.0 Å². The Bertz CT molecular complexity index is 1190. The molecule has 0 spiro atoms. The minimum atomic E-state index is -0.720. The number of ketones is 1. The number of carbonyl (C=O) groups is 3. The molecule has 0 saturated carbocycles. The average Bonchev–Trinajstić information content (AvgIpc) is 2.79. The minimum absolute atomic E-state index is 0.225. The van der Waals surface area contributed by atoms with Crippen LogP contribution >= 0.6 is 34.8 Å². The second-order valence-corrected chi connectivity index (χ2v) is 7.80. The van der Waals surface area contributed by atoms with E-state index in [0.717, 1.165) is 0 Å². The van der Waals surface area contributed by atoms with Crippen LogP contribution in [0, 0.1) is 0 Å². The molecule has 0 bridgehead atoms. The van der Waals surface area contributed by atoms with Crippen molar-refractivity contribution in [1.29, 1.82) is 0 Å². The molecule has 0 aliphatic heterocycles. The van der Waals surface area contributed by atoms with Gasteiger partial charge >= 0.3 is 5.97 Å². The highest BCUT2D eigenvalue weighted by molar-refractivity contribution is 6.42. The molecule has 1 amide bonds. The number of amides is 1. The molecule has 0 aliphatic rings. The number of anilines is 1. The zero-order chi connectivity index (χ0) is 23.1. The van der Waals surface area contributed by atoms with E-state index in [4.69, 9.17) is 39.5 Å². The van der Waals surface area contributed by atoms with Gasteiger partial charge in [0.2, 0.25) is 0 Å². The van der Waals surface area contributed by atoms with Crippen molar-refractivity contribution in [2.75, 3.05) is 11.9 Å². The Hall–Kier alpha value is -3.12. The van der Waals surface area contributed by atoms with Gasteiger partial charge in [-0.1, -0.05) is 71.2 Å². The van der Waals surface area contributed by atoms with Crippen LogP contribution in [0.3, 0.4) is 0 Å². The third-order valence-electron chi connectivity index (χ3n) is 4.24. The van der Waals surface area contributed by atoms with Crippen LogP contribution in [-0.2, 0) is 14.3 Å². The summed E-state index contributed by atoms with van der Waals surface area (Å²) >= 11 is 17.8. The maximum absolute atomic E-state index is 12.8. The quantitative estimate of drug-likeness (QED) is 0.249. The number of benzene rings is 3. The summed E-state index contributed by atoms with van der Waals surface area (Å²) in [6.07, 6.45) is 2.65. The van der Waals surface area contributed by atoms with Gasteiger partial charge in [0.1, 0.15) is 0 Å². The molecule has 0 heterocycles. The number of halogens is 3. The first-order valence-corrected chi connectivity index (χ1v) is 10.5. The van der Waals surface area contributed by atoms with E-state index < -0.39 is 18.5 Å². The van der Waals surface area contributed by atoms with Crippen LogP contribution < -0.4 is 5.32 Å². The smallest absolute Gasteiger partial charge is 0.331 e. The molecule has 0 atom stereocenters.